The fourth-order valence-electron chi connectivity index (χ4n) is 1.68. The minimum atomic E-state index is 0.892. The van der Waals surface area contributed by atoms with E-state index >= 15 is 0 Å². The Bertz CT molecular complexity index is 542. The molecule has 7 heteroatoms. The smallest absolute Gasteiger partial charge is 0.176 e. The molecule has 0 amide bonds. The average molecular weight is 309 g/mol. The Morgan fingerprint density at radius 1 is 1.25 bits per heavy atom. The largest absolute Gasteiger partial charge is 0.370 e. The summed E-state index contributed by atoms with van der Waals surface area (Å²) in [5, 5.41) is 4.36. The second-order valence-corrected chi connectivity index (χ2v) is 6.42. The van der Waals surface area contributed by atoms with Gasteiger partial charge in [0.15, 0.2) is 4.34 Å². The Hall–Kier alpha value is -1.21. The van der Waals surface area contributed by atoms with Crippen molar-refractivity contribution in [1.29, 1.82) is 0 Å². The molecule has 108 valence electrons. The molecule has 0 aliphatic heterocycles. The van der Waals surface area contributed by atoms with Gasteiger partial charge in [-0.05, 0) is 43.1 Å². The number of aryl methyl sites for hydroxylation is 1. The third-order valence-electron chi connectivity index (χ3n) is 2.69. The SMILES string of the molecule is CCCNc1nc(CCC)nc(Sc2ncns2)c1C. The summed E-state index contributed by atoms with van der Waals surface area (Å²) in [7, 11) is 0. The molecule has 1 N–H and O–H groups in total. The van der Waals surface area contributed by atoms with Gasteiger partial charge in [0.05, 0.1) is 0 Å². The Morgan fingerprint density at radius 3 is 2.75 bits per heavy atom. The van der Waals surface area contributed by atoms with E-state index in [0.717, 1.165) is 52.4 Å². The van der Waals surface area contributed by atoms with Crippen LogP contribution in [-0.4, -0.2) is 25.9 Å². The van der Waals surface area contributed by atoms with Gasteiger partial charge in [-0.25, -0.2) is 15.0 Å². The molecule has 20 heavy (non-hydrogen) atoms. The minimum Gasteiger partial charge on any atom is -0.370 e. The zero-order chi connectivity index (χ0) is 14.4. The van der Waals surface area contributed by atoms with Crippen molar-refractivity contribution in [3.05, 3.63) is 17.7 Å². The molecule has 0 radical (unpaired) electrons. The van der Waals surface area contributed by atoms with Gasteiger partial charge in [-0.3, -0.25) is 0 Å². The van der Waals surface area contributed by atoms with Crippen LogP contribution < -0.4 is 5.32 Å². The molecule has 0 fully saturated rings. The van der Waals surface area contributed by atoms with Crippen LogP contribution in [0, 0.1) is 6.92 Å². The van der Waals surface area contributed by atoms with E-state index in [1.807, 2.05) is 0 Å². The van der Waals surface area contributed by atoms with Crippen molar-refractivity contribution in [3.8, 4) is 0 Å². The van der Waals surface area contributed by atoms with Crippen molar-refractivity contribution >= 4 is 29.1 Å². The Labute approximate surface area is 127 Å². The molecule has 0 spiro atoms. The summed E-state index contributed by atoms with van der Waals surface area (Å²) < 4.78 is 4.94. The zero-order valence-corrected chi connectivity index (χ0v) is 13.6. The fraction of sp³-hybridized carbons (Fsp3) is 0.538. The van der Waals surface area contributed by atoms with Crippen molar-refractivity contribution in [1.82, 2.24) is 19.3 Å². The molecular formula is C13H19N5S2. The first kappa shape index (κ1) is 15.2. The number of rotatable bonds is 7. The van der Waals surface area contributed by atoms with Crippen LogP contribution >= 0.6 is 23.3 Å². The van der Waals surface area contributed by atoms with Gasteiger partial charge in [0.1, 0.15) is 23.0 Å². The molecule has 0 bridgehead atoms. The van der Waals surface area contributed by atoms with E-state index in [1.54, 1.807) is 18.1 Å². The van der Waals surface area contributed by atoms with Gasteiger partial charge >= 0.3 is 0 Å². The second-order valence-electron chi connectivity index (χ2n) is 4.40. The molecule has 2 aromatic rings. The van der Waals surface area contributed by atoms with E-state index in [-0.39, 0.29) is 0 Å². The quantitative estimate of drug-likeness (QED) is 0.789. The normalized spacial score (nSPS) is 10.8. The van der Waals surface area contributed by atoms with E-state index in [0.29, 0.717) is 0 Å². The first-order valence-electron chi connectivity index (χ1n) is 6.80. The van der Waals surface area contributed by atoms with Crippen LogP contribution in [0.25, 0.3) is 0 Å². The molecule has 0 aromatic carbocycles. The number of nitrogens with one attached hydrogen (secondary N) is 1. The number of nitrogens with zero attached hydrogens (tertiary/aromatic N) is 4. The van der Waals surface area contributed by atoms with Gasteiger partial charge in [0.2, 0.25) is 0 Å². The average Bonchev–Trinajstić information content (AvgIpc) is 2.94. The lowest BCUT2D eigenvalue weighted by atomic mass is 10.3. The van der Waals surface area contributed by atoms with Crippen molar-refractivity contribution < 1.29 is 0 Å². The maximum atomic E-state index is 4.66. The highest BCUT2D eigenvalue weighted by molar-refractivity contribution is 8.00. The number of anilines is 1. The highest BCUT2D eigenvalue weighted by Gasteiger charge is 2.13. The molecule has 0 atom stereocenters. The number of aromatic nitrogens is 4. The Morgan fingerprint density at radius 2 is 2.10 bits per heavy atom. The summed E-state index contributed by atoms with van der Waals surface area (Å²) in [6.07, 6.45) is 4.59. The molecule has 2 aromatic heterocycles. The number of hydrogen-bond donors (Lipinski definition) is 1. The summed E-state index contributed by atoms with van der Waals surface area (Å²) >= 11 is 2.95. The van der Waals surface area contributed by atoms with Gasteiger partial charge in [-0.2, -0.15) is 4.37 Å². The van der Waals surface area contributed by atoms with Crippen molar-refractivity contribution in [2.45, 2.75) is 49.4 Å². The zero-order valence-electron chi connectivity index (χ0n) is 12.0. The van der Waals surface area contributed by atoms with E-state index in [9.17, 15) is 0 Å². The molecule has 0 aliphatic carbocycles. The molecule has 2 heterocycles. The van der Waals surface area contributed by atoms with E-state index in [4.69, 9.17) is 0 Å². The van der Waals surface area contributed by atoms with Crippen LogP contribution in [0.3, 0.4) is 0 Å². The predicted molar refractivity (Wildman–Crippen MR) is 83.6 cm³/mol. The van der Waals surface area contributed by atoms with Crippen LogP contribution in [-0.2, 0) is 6.42 Å². The van der Waals surface area contributed by atoms with Gasteiger partial charge in [-0.1, -0.05) is 13.8 Å². The minimum absolute atomic E-state index is 0.892. The van der Waals surface area contributed by atoms with E-state index in [2.05, 4.69) is 45.4 Å². The van der Waals surface area contributed by atoms with Crippen molar-refractivity contribution in [2.75, 3.05) is 11.9 Å². The summed E-state index contributed by atoms with van der Waals surface area (Å²) in [6, 6.07) is 0. The summed E-state index contributed by atoms with van der Waals surface area (Å²) in [5.41, 5.74) is 1.08. The fourth-order valence-corrected chi connectivity index (χ4v) is 3.14. The third-order valence-corrected chi connectivity index (χ3v) is 4.49. The molecule has 0 unspecified atom stereocenters. The van der Waals surface area contributed by atoms with Gasteiger partial charge in [-0.15, -0.1) is 0 Å². The van der Waals surface area contributed by atoms with Crippen LogP contribution in [0.5, 0.6) is 0 Å². The summed E-state index contributed by atoms with van der Waals surface area (Å²) in [6.45, 7) is 7.26. The van der Waals surface area contributed by atoms with Crippen LogP contribution in [0.1, 0.15) is 38.1 Å². The maximum Gasteiger partial charge on any atom is 0.176 e. The van der Waals surface area contributed by atoms with Gasteiger partial charge in [0, 0.05) is 18.5 Å². The van der Waals surface area contributed by atoms with Crippen LogP contribution in [0.15, 0.2) is 15.7 Å². The lowest BCUT2D eigenvalue weighted by Gasteiger charge is -2.12. The Balaban J connectivity index is 2.29. The summed E-state index contributed by atoms with van der Waals surface area (Å²) in [5.74, 6) is 1.83. The first-order chi connectivity index (χ1) is 9.74. The lowest BCUT2D eigenvalue weighted by Crippen LogP contribution is -2.08. The molecule has 0 saturated heterocycles. The lowest BCUT2D eigenvalue weighted by molar-refractivity contribution is 0.799. The highest BCUT2D eigenvalue weighted by Crippen LogP contribution is 2.31. The first-order valence-corrected chi connectivity index (χ1v) is 8.39. The Kier molecular flexibility index (Phi) is 5.72. The predicted octanol–water partition coefficient (Wildman–Crippen LogP) is 3.56. The number of hydrogen-bond acceptors (Lipinski definition) is 7. The molecule has 2 rings (SSSR count). The molecule has 0 aliphatic rings. The molecule has 0 saturated carbocycles. The van der Waals surface area contributed by atoms with Crippen LogP contribution in [0.4, 0.5) is 5.82 Å². The van der Waals surface area contributed by atoms with E-state index < -0.39 is 0 Å². The highest BCUT2D eigenvalue weighted by atomic mass is 32.2. The molecule has 5 nitrogen and oxygen atoms in total. The third kappa shape index (κ3) is 3.89. The summed E-state index contributed by atoms with van der Waals surface area (Å²) in [4.78, 5) is 13.5. The van der Waals surface area contributed by atoms with Gasteiger partial charge in [0.25, 0.3) is 0 Å². The maximum absolute atomic E-state index is 4.66. The van der Waals surface area contributed by atoms with Crippen molar-refractivity contribution in [3.63, 3.8) is 0 Å². The standard InChI is InChI=1S/C13H19N5S2/c1-4-6-10-17-11(14-7-5-2)9(3)12(18-10)19-13-15-8-16-20-13/h8H,4-7H2,1-3H3,(H,14,17,18). The van der Waals surface area contributed by atoms with Crippen LogP contribution in [0.2, 0.25) is 0 Å². The molecular weight excluding hydrogens is 290 g/mol. The van der Waals surface area contributed by atoms with E-state index in [1.165, 1.54) is 11.5 Å². The second kappa shape index (κ2) is 7.54. The van der Waals surface area contributed by atoms with Gasteiger partial charge < -0.3 is 5.32 Å². The van der Waals surface area contributed by atoms with Crippen molar-refractivity contribution in [2.24, 2.45) is 0 Å². The monoisotopic (exact) mass is 309 g/mol. The topological polar surface area (TPSA) is 63.6 Å².